The lowest BCUT2D eigenvalue weighted by Crippen LogP contribution is -2.01. The van der Waals surface area contributed by atoms with E-state index in [-0.39, 0.29) is 0 Å². The molecule has 0 bridgehead atoms. The van der Waals surface area contributed by atoms with Crippen LogP contribution in [0.25, 0.3) is 26.8 Å². The maximum Gasteiger partial charge on any atom is 0.195 e. The van der Waals surface area contributed by atoms with Crippen LogP contribution in [0.4, 0.5) is 5.13 Å². The van der Waals surface area contributed by atoms with Gasteiger partial charge in [-0.3, -0.25) is 4.40 Å². The first-order valence-electron chi connectivity index (χ1n) is 7.11. The van der Waals surface area contributed by atoms with E-state index in [9.17, 15) is 0 Å². The molecule has 4 nitrogen and oxygen atoms in total. The van der Waals surface area contributed by atoms with Crippen molar-refractivity contribution in [1.82, 2.24) is 14.4 Å². The molecule has 0 atom stereocenters. The number of imidazole rings is 1. The smallest absolute Gasteiger partial charge is 0.195 e. The second kappa shape index (κ2) is 4.41. The van der Waals surface area contributed by atoms with Crippen LogP contribution in [0.5, 0.6) is 0 Å². The molecule has 0 radical (unpaired) electrons. The molecule has 3 heterocycles. The number of thiazole rings is 2. The number of aromatic nitrogens is 3. The van der Waals surface area contributed by atoms with Crippen LogP contribution in [0.2, 0.25) is 0 Å². The van der Waals surface area contributed by atoms with Crippen molar-refractivity contribution in [3.8, 4) is 21.8 Å². The molecule has 0 fully saturated rings. The predicted molar refractivity (Wildman–Crippen MR) is 91.4 cm³/mol. The number of nitrogens with two attached hydrogens (primary N) is 1. The molecule has 1 aliphatic carbocycles. The van der Waals surface area contributed by atoms with Crippen molar-refractivity contribution in [1.29, 1.82) is 0 Å². The molecule has 6 heteroatoms. The summed E-state index contributed by atoms with van der Waals surface area (Å²) in [7, 11) is 0. The maximum atomic E-state index is 5.91. The normalized spacial score (nSPS) is 13.3. The van der Waals surface area contributed by atoms with Crippen LogP contribution in [0.15, 0.2) is 36.5 Å². The number of anilines is 1. The molecule has 0 saturated carbocycles. The lowest BCUT2D eigenvalue weighted by atomic mass is 10.1. The Labute approximate surface area is 134 Å². The van der Waals surface area contributed by atoms with Gasteiger partial charge in [-0.15, -0.1) is 11.3 Å². The van der Waals surface area contributed by atoms with E-state index in [2.05, 4.69) is 27.7 Å². The number of benzene rings is 1. The Morgan fingerprint density at radius 3 is 2.77 bits per heavy atom. The van der Waals surface area contributed by atoms with Gasteiger partial charge in [-0.2, -0.15) is 0 Å². The zero-order valence-electron chi connectivity index (χ0n) is 11.6. The Hall–Kier alpha value is -2.18. The van der Waals surface area contributed by atoms with Gasteiger partial charge >= 0.3 is 0 Å². The number of hydrogen-bond donors (Lipinski definition) is 1. The van der Waals surface area contributed by atoms with E-state index in [1.165, 1.54) is 15.4 Å². The van der Waals surface area contributed by atoms with Crippen molar-refractivity contribution in [3.05, 3.63) is 47.1 Å². The summed E-state index contributed by atoms with van der Waals surface area (Å²) in [5.41, 5.74) is 10.4. The molecular formula is C16H12N4S2. The van der Waals surface area contributed by atoms with E-state index in [4.69, 9.17) is 10.7 Å². The minimum Gasteiger partial charge on any atom is -0.375 e. The second-order valence-electron chi connectivity index (χ2n) is 5.35. The molecule has 1 aromatic carbocycles. The molecule has 4 aromatic rings. The van der Waals surface area contributed by atoms with Crippen molar-refractivity contribution in [2.45, 2.75) is 12.8 Å². The third-order valence-corrected chi connectivity index (χ3v) is 6.03. The minimum atomic E-state index is 0.653. The van der Waals surface area contributed by atoms with E-state index in [0.717, 1.165) is 34.8 Å². The molecule has 1 aliphatic rings. The molecule has 3 aromatic heterocycles. The number of hydrogen-bond acceptors (Lipinski definition) is 5. The third-order valence-electron chi connectivity index (χ3n) is 3.98. The summed E-state index contributed by atoms with van der Waals surface area (Å²) in [6.07, 6.45) is 4.14. The fraction of sp³-hybridized carbons (Fsp3) is 0.125. The Morgan fingerprint density at radius 2 is 1.91 bits per heavy atom. The van der Waals surface area contributed by atoms with E-state index in [0.29, 0.717) is 5.13 Å². The fourth-order valence-electron chi connectivity index (χ4n) is 3.00. The van der Waals surface area contributed by atoms with Crippen molar-refractivity contribution in [2.75, 3.05) is 5.73 Å². The van der Waals surface area contributed by atoms with Gasteiger partial charge in [0.25, 0.3) is 0 Å². The molecule has 5 rings (SSSR count). The van der Waals surface area contributed by atoms with E-state index in [1.54, 1.807) is 22.7 Å². The largest absolute Gasteiger partial charge is 0.375 e. The summed E-state index contributed by atoms with van der Waals surface area (Å²) >= 11 is 3.36. The topological polar surface area (TPSA) is 56.2 Å². The summed E-state index contributed by atoms with van der Waals surface area (Å²) in [5, 5.41) is 0.653. The zero-order chi connectivity index (χ0) is 14.7. The van der Waals surface area contributed by atoms with E-state index >= 15 is 0 Å². The molecule has 2 N–H and O–H groups in total. The highest BCUT2D eigenvalue weighted by Gasteiger charge is 2.26. The number of nitrogen functional groups attached to an aromatic ring is 1. The van der Waals surface area contributed by atoms with Crippen molar-refractivity contribution >= 4 is 32.8 Å². The standard InChI is InChI=1S/C16H12N4S2/c17-15-18-10-6-7-12-13(14(10)22-15)20-8-11(19-16(20)21-12)9-4-2-1-3-5-9/h1-5,8H,6-7H2,(H2,17,18). The molecule has 0 unspecified atom stereocenters. The first-order valence-corrected chi connectivity index (χ1v) is 8.74. The molecule has 0 aliphatic heterocycles. The Bertz CT molecular complexity index is 994. The average Bonchev–Trinajstić information content (AvgIpc) is 3.18. The fourth-order valence-corrected chi connectivity index (χ4v) is 5.12. The van der Waals surface area contributed by atoms with Gasteiger partial charge in [-0.1, -0.05) is 41.7 Å². The highest BCUT2D eigenvalue weighted by atomic mass is 32.1. The number of aryl methyl sites for hydroxylation is 2. The van der Waals surface area contributed by atoms with Crippen molar-refractivity contribution in [2.24, 2.45) is 0 Å². The Kier molecular flexibility index (Phi) is 2.48. The molecule has 0 saturated heterocycles. The number of nitrogens with zero attached hydrogens (tertiary/aromatic N) is 3. The van der Waals surface area contributed by atoms with Crippen molar-refractivity contribution < 1.29 is 0 Å². The lowest BCUT2D eigenvalue weighted by Gasteiger charge is -2.09. The highest BCUT2D eigenvalue weighted by molar-refractivity contribution is 7.20. The van der Waals surface area contributed by atoms with E-state index in [1.807, 2.05) is 18.2 Å². The first kappa shape index (κ1) is 12.4. The molecular weight excluding hydrogens is 312 g/mol. The van der Waals surface area contributed by atoms with Gasteiger partial charge in [-0.05, 0) is 12.8 Å². The first-order chi connectivity index (χ1) is 10.8. The number of fused-ring (bicyclic) bond motifs is 5. The van der Waals surface area contributed by atoms with Gasteiger partial charge in [-0.25, -0.2) is 9.97 Å². The third kappa shape index (κ3) is 1.68. The van der Waals surface area contributed by atoms with Crippen LogP contribution < -0.4 is 5.73 Å². The summed E-state index contributed by atoms with van der Waals surface area (Å²) in [4.78, 5) is 12.9. The van der Waals surface area contributed by atoms with E-state index < -0.39 is 0 Å². The average molecular weight is 324 g/mol. The van der Waals surface area contributed by atoms with Gasteiger partial charge < -0.3 is 5.73 Å². The summed E-state index contributed by atoms with van der Waals surface area (Å²) in [5.74, 6) is 0. The SMILES string of the molecule is Nc1nc2c(s1)-c1c(sc3nc(-c4ccccc4)cn13)CC2. The van der Waals surface area contributed by atoms with Gasteiger partial charge in [0, 0.05) is 16.6 Å². The van der Waals surface area contributed by atoms with Crippen LogP contribution >= 0.6 is 22.7 Å². The minimum absolute atomic E-state index is 0.653. The van der Waals surface area contributed by atoms with Crippen LogP contribution in [0, 0.1) is 0 Å². The van der Waals surface area contributed by atoms with Gasteiger partial charge in [0.2, 0.25) is 0 Å². The van der Waals surface area contributed by atoms with Crippen molar-refractivity contribution in [3.63, 3.8) is 0 Å². The van der Waals surface area contributed by atoms with Crippen LogP contribution in [-0.2, 0) is 12.8 Å². The second-order valence-corrected chi connectivity index (χ2v) is 7.44. The molecule has 108 valence electrons. The Balaban J connectivity index is 1.75. The quantitative estimate of drug-likeness (QED) is 0.578. The number of rotatable bonds is 1. The summed E-state index contributed by atoms with van der Waals surface area (Å²) in [6.45, 7) is 0. The summed E-state index contributed by atoms with van der Waals surface area (Å²) < 4.78 is 2.21. The van der Waals surface area contributed by atoms with Gasteiger partial charge in [0.05, 0.1) is 22.0 Å². The van der Waals surface area contributed by atoms with Crippen LogP contribution in [-0.4, -0.2) is 14.4 Å². The highest BCUT2D eigenvalue weighted by Crippen LogP contribution is 2.43. The molecule has 0 amide bonds. The van der Waals surface area contributed by atoms with Crippen LogP contribution in [0.1, 0.15) is 10.6 Å². The lowest BCUT2D eigenvalue weighted by molar-refractivity contribution is 0.918. The molecule has 0 spiro atoms. The van der Waals surface area contributed by atoms with Gasteiger partial charge in [0.15, 0.2) is 10.1 Å². The summed E-state index contributed by atoms with van der Waals surface area (Å²) in [6, 6.07) is 10.3. The predicted octanol–water partition coefficient (Wildman–Crippen LogP) is 3.87. The monoisotopic (exact) mass is 324 g/mol. The van der Waals surface area contributed by atoms with Crippen LogP contribution in [0.3, 0.4) is 0 Å². The zero-order valence-corrected chi connectivity index (χ0v) is 13.2. The Morgan fingerprint density at radius 1 is 1.05 bits per heavy atom. The molecule has 22 heavy (non-hydrogen) atoms. The van der Waals surface area contributed by atoms with Gasteiger partial charge in [0.1, 0.15) is 0 Å². The maximum absolute atomic E-state index is 5.91.